The second kappa shape index (κ2) is 6.25. The number of hydrogen-bond donors (Lipinski definition) is 1. The Morgan fingerprint density at radius 1 is 1.25 bits per heavy atom. The van der Waals surface area contributed by atoms with E-state index >= 15 is 0 Å². The monoisotopic (exact) mass is 324 g/mol. The highest BCUT2D eigenvalue weighted by Crippen LogP contribution is 2.36. The van der Waals surface area contributed by atoms with Crippen LogP contribution in [0, 0.1) is 13.8 Å². The molecule has 128 valence electrons. The Kier molecular flexibility index (Phi) is 4.09. The van der Waals surface area contributed by atoms with Crippen LogP contribution in [0.5, 0.6) is 0 Å². The van der Waals surface area contributed by atoms with Crippen molar-refractivity contribution in [1.82, 2.24) is 14.7 Å². The fourth-order valence-electron chi connectivity index (χ4n) is 4.14. The molecule has 1 N–H and O–H groups in total. The third kappa shape index (κ3) is 2.63. The summed E-state index contributed by atoms with van der Waals surface area (Å²) in [6.07, 6.45) is 3.67. The highest BCUT2D eigenvalue weighted by molar-refractivity contribution is 5.58. The fraction of sp³-hybridized carbons (Fsp3) is 0.550. The van der Waals surface area contributed by atoms with Crippen LogP contribution in [0.3, 0.4) is 0 Å². The smallest absolute Gasteiger partial charge is 0.133 e. The van der Waals surface area contributed by atoms with Crippen LogP contribution in [0.2, 0.25) is 0 Å². The molecule has 4 nitrogen and oxygen atoms in total. The summed E-state index contributed by atoms with van der Waals surface area (Å²) in [4.78, 5) is 2.57. The number of hydrogen-bond acceptors (Lipinski definition) is 3. The first-order valence-electron chi connectivity index (χ1n) is 9.33. The van der Waals surface area contributed by atoms with E-state index in [0.717, 1.165) is 26.1 Å². The first-order chi connectivity index (χ1) is 11.7. The van der Waals surface area contributed by atoms with Crippen LogP contribution in [-0.4, -0.2) is 40.9 Å². The Balaban J connectivity index is 1.73. The summed E-state index contributed by atoms with van der Waals surface area (Å²) < 4.78 is 2.15. The Morgan fingerprint density at radius 3 is 2.92 bits per heavy atom. The fourth-order valence-corrected chi connectivity index (χ4v) is 4.14. The summed E-state index contributed by atoms with van der Waals surface area (Å²) in [5.41, 5.74) is 6.63. The van der Waals surface area contributed by atoms with Gasteiger partial charge in [0.1, 0.15) is 5.82 Å². The van der Waals surface area contributed by atoms with Crippen LogP contribution < -0.4 is 5.32 Å². The predicted molar refractivity (Wildman–Crippen MR) is 99.3 cm³/mol. The van der Waals surface area contributed by atoms with Crippen molar-refractivity contribution in [3.05, 3.63) is 40.6 Å². The number of rotatable bonds is 3. The first-order valence-corrected chi connectivity index (χ1v) is 9.33. The third-order valence-corrected chi connectivity index (χ3v) is 5.76. The third-order valence-electron chi connectivity index (χ3n) is 5.76. The van der Waals surface area contributed by atoms with Crippen molar-refractivity contribution in [2.45, 2.75) is 46.0 Å². The molecule has 0 amide bonds. The van der Waals surface area contributed by atoms with E-state index in [-0.39, 0.29) is 0 Å². The lowest BCUT2D eigenvalue weighted by Crippen LogP contribution is -2.34. The van der Waals surface area contributed by atoms with Crippen molar-refractivity contribution in [3.63, 3.8) is 0 Å². The lowest BCUT2D eigenvalue weighted by atomic mass is 9.92. The van der Waals surface area contributed by atoms with Gasteiger partial charge in [0.15, 0.2) is 0 Å². The van der Waals surface area contributed by atoms with Crippen molar-refractivity contribution in [3.8, 4) is 5.69 Å². The lowest BCUT2D eigenvalue weighted by Gasteiger charge is -2.31. The Hall–Kier alpha value is -1.81. The molecule has 0 bridgehead atoms. The maximum absolute atomic E-state index is 5.09. The standard InChI is InChI=1S/C20H28N4/c1-4-23-11-5-6-16(13-23)19-18-9-10-21-20(18)24(22-19)17-8-7-14(2)15(3)12-17/h7-8,12,16,21H,4-6,9-11,13H2,1-3H3. The van der Waals surface area contributed by atoms with Gasteiger partial charge in [-0.1, -0.05) is 13.0 Å². The van der Waals surface area contributed by atoms with Gasteiger partial charge in [0.2, 0.25) is 0 Å². The number of anilines is 1. The number of aromatic nitrogens is 2. The summed E-state index contributed by atoms with van der Waals surface area (Å²) >= 11 is 0. The molecule has 1 fully saturated rings. The van der Waals surface area contributed by atoms with Crippen LogP contribution in [-0.2, 0) is 6.42 Å². The zero-order valence-electron chi connectivity index (χ0n) is 15.1. The topological polar surface area (TPSA) is 33.1 Å². The molecule has 2 aliphatic heterocycles. The minimum Gasteiger partial charge on any atom is -0.369 e. The second-order valence-corrected chi connectivity index (χ2v) is 7.30. The number of piperidine rings is 1. The molecule has 4 rings (SSSR count). The number of nitrogens with one attached hydrogen (secondary N) is 1. The number of nitrogens with zero attached hydrogens (tertiary/aromatic N) is 3. The molecule has 1 aromatic heterocycles. The maximum Gasteiger partial charge on any atom is 0.133 e. The zero-order valence-corrected chi connectivity index (χ0v) is 15.1. The molecule has 3 heterocycles. The van der Waals surface area contributed by atoms with E-state index in [1.807, 2.05) is 0 Å². The molecule has 0 radical (unpaired) electrons. The summed E-state index contributed by atoms with van der Waals surface area (Å²) in [6.45, 7) is 11.2. The molecule has 1 aromatic carbocycles. The highest BCUT2D eigenvalue weighted by Gasteiger charge is 2.30. The minimum atomic E-state index is 0.583. The normalized spacial score (nSPS) is 20.9. The van der Waals surface area contributed by atoms with Crippen LogP contribution in [0.1, 0.15) is 48.1 Å². The van der Waals surface area contributed by atoms with Gasteiger partial charge in [0.25, 0.3) is 0 Å². The molecule has 24 heavy (non-hydrogen) atoms. The van der Waals surface area contributed by atoms with Crippen LogP contribution >= 0.6 is 0 Å². The van der Waals surface area contributed by atoms with Crippen LogP contribution in [0.25, 0.3) is 5.69 Å². The molecule has 0 spiro atoms. The van der Waals surface area contributed by atoms with Crippen molar-refractivity contribution in [1.29, 1.82) is 0 Å². The zero-order chi connectivity index (χ0) is 16.7. The number of benzene rings is 1. The van der Waals surface area contributed by atoms with E-state index in [2.05, 4.69) is 53.9 Å². The number of aryl methyl sites for hydroxylation is 2. The average molecular weight is 324 g/mol. The minimum absolute atomic E-state index is 0.583. The van der Waals surface area contributed by atoms with Gasteiger partial charge >= 0.3 is 0 Å². The number of likely N-dealkylation sites (tertiary alicyclic amines) is 1. The van der Waals surface area contributed by atoms with Gasteiger partial charge in [0.05, 0.1) is 11.4 Å². The Labute approximate surface area is 144 Å². The van der Waals surface area contributed by atoms with Crippen LogP contribution in [0.4, 0.5) is 5.82 Å². The highest BCUT2D eigenvalue weighted by atomic mass is 15.3. The molecule has 0 saturated carbocycles. The van der Waals surface area contributed by atoms with Gasteiger partial charge in [-0.25, -0.2) is 4.68 Å². The molecule has 1 atom stereocenters. The van der Waals surface area contributed by atoms with Gasteiger partial charge in [-0.2, -0.15) is 5.10 Å². The Morgan fingerprint density at radius 2 is 2.12 bits per heavy atom. The summed E-state index contributed by atoms with van der Waals surface area (Å²) in [5, 5.41) is 8.67. The first kappa shape index (κ1) is 15.7. The van der Waals surface area contributed by atoms with Gasteiger partial charge in [-0.05, 0) is 69.5 Å². The summed E-state index contributed by atoms with van der Waals surface area (Å²) in [5.74, 6) is 1.81. The Bertz CT molecular complexity index is 746. The van der Waals surface area contributed by atoms with Gasteiger partial charge < -0.3 is 10.2 Å². The van der Waals surface area contributed by atoms with Crippen molar-refractivity contribution >= 4 is 5.82 Å². The molecule has 2 aromatic rings. The number of likely N-dealkylation sites (N-methyl/N-ethyl adjacent to an activating group) is 1. The van der Waals surface area contributed by atoms with Crippen molar-refractivity contribution in [2.75, 3.05) is 31.5 Å². The molecule has 1 saturated heterocycles. The molecular formula is C20H28N4. The molecule has 4 heteroatoms. The van der Waals surface area contributed by atoms with E-state index in [4.69, 9.17) is 5.10 Å². The van der Waals surface area contributed by atoms with Gasteiger partial charge in [0, 0.05) is 24.6 Å². The van der Waals surface area contributed by atoms with E-state index in [9.17, 15) is 0 Å². The quantitative estimate of drug-likeness (QED) is 0.935. The van der Waals surface area contributed by atoms with E-state index in [1.54, 1.807) is 0 Å². The van der Waals surface area contributed by atoms with Crippen LogP contribution in [0.15, 0.2) is 18.2 Å². The molecular weight excluding hydrogens is 296 g/mol. The van der Waals surface area contributed by atoms with Crippen molar-refractivity contribution < 1.29 is 0 Å². The molecule has 0 aliphatic carbocycles. The average Bonchev–Trinajstić information content (AvgIpc) is 3.20. The van der Waals surface area contributed by atoms with Gasteiger partial charge in [-0.3, -0.25) is 0 Å². The van der Waals surface area contributed by atoms with Gasteiger partial charge in [-0.15, -0.1) is 0 Å². The summed E-state index contributed by atoms with van der Waals surface area (Å²) in [6, 6.07) is 6.65. The predicted octanol–water partition coefficient (Wildman–Crippen LogP) is 3.66. The maximum atomic E-state index is 5.09. The SMILES string of the molecule is CCN1CCCC(c2nn(-c3ccc(C)c(C)c3)c3c2CCN3)C1. The lowest BCUT2D eigenvalue weighted by molar-refractivity contribution is 0.215. The number of fused-ring (bicyclic) bond motifs is 1. The van der Waals surface area contributed by atoms with E-state index < -0.39 is 0 Å². The summed E-state index contributed by atoms with van der Waals surface area (Å²) in [7, 11) is 0. The van der Waals surface area contributed by atoms with E-state index in [1.165, 1.54) is 53.3 Å². The second-order valence-electron chi connectivity index (χ2n) is 7.30. The molecule has 2 aliphatic rings. The molecule has 1 unspecified atom stereocenters. The van der Waals surface area contributed by atoms with Crippen molar-refractivity contribution in [2.24, 2.45) is 0 Å². The van der Waals surface area contributed by atoms with E-state index in [0.29, 0.717) is 5.92 Å². The largest absolute Gasteiger partial charge is 0.369 e.